The molecule has 0 spiro atoms. The summed E-state index contributed by atoms with van der Waals surface area (Å²) in [7, 11) is 8.43. The van der Waals surface area contributed by atoms with Crippen LogP contribution in [0.15, 0.2) is 48.0 Å². The maximum Gasteiger partial charge on any atom is 0.295 e. The highest BCUT2D eigenvalue weighted by molar-refractivity contribution is 6.46. The molecule has 1 fully saturated rings. The van der Waals surface area contributed by atoms with E-state index in [1.807, 2.05) is 19.0 Å². The Bertz CT molecular complexity index is 1060. The first kappa shape index (κ1) is 24.1. The van der Waals surface area contributed by atoms with Gasteiger partial charge in [-0.15, -0.1) is 0 Å². The third-order valence-electron chi connectivity index (χ3n) is 5.62. The highest BCUT2D eigenvalue weighted by Gasteiger charge is 2.47. The molecule has 8 heteroatoms. The average Bonchev–Trinajstić information content (AvgIpc) is 3.07. The Kier molecular flexibility index (Phi) is 7.60. The van der Waals surface area contributed by atoms with Gasteiger partial charge < -0.3 is 29.1 Å². The molecule has 33 heavy (non-hydrogen) atoms. The normalized spacial score (nSPS) is 17.5. The molecule has 1 N–H and O–H groups in total. The number of carbonyl (C=O) groups excluding carboxylic acids is 2. The van der Waals surface area contributed by atoms with E-state index in [2.05, 4.69) is 0 Å². The summed E-state index contributed by atoms with van der Waals surface area (Å²) in [5, 5.41) is 11.2. The molecule has 0 aromatic heterocycles. The molecule has 0 unspecified atom stereocenters. The monoisotopic (exact) mass is 454 g/mol. The van der Waals surface area contributed by atoms with Crippen LogP contribution in [0.25, 0.3) is 5.76 Å². The van der Waals surface area contributed by atoms with Crippen LogP contribution >= 0.6 is 0 Å². The molecule has 2 aromatic carbocycles. The second-order valence-corrected chi connectivity index (χ2v) is 7.96. The number of aliphatic hydroxyl groups is 1. The number of hydrogen-bond donors (Lipinski definition) is 1. The quantitative estimate of drug-likeness (QED) is 0.354. The fourth-order valence-electron chi connectivity index (χ4n) is 4.04. The van der Waals surface area contributed by atoms with Gasteiger partial charge in [0.2, 0.25) is 0 Å². The van der Waals surface area contributed by atoms with Crippen LogP contribution < -0.4 is 14.2 Å². The van der Waals surface area contributed by atoms with E-state index in [9.17, 15) is 14.7 Å². The molecule has 1 amide bonds. The highest BCUT2D eigenvalue weighted by Crippen LogP contribution is 2.45. The maximum absolute atomic E-state index is 13.2. The van der Waals surface area contributed by atoms with E-state index >= 15 is 0 Å². The van der Waals surface area contributed by atoms with Gasteiger partial charge in [0.25, 0.3) is 11.7 Å². The molecule has 0 radical (unpaired) electrons. The minimum atomic E-state index is -0.830. The predicted octanol–water partition coefficient (Wildman–Crippen LogP) is 3.09. The smallest absolute Gasteiger partial charge is 0.295 e. The predicted molar refractivity (Wildman–Crippen MR) is 125 cm³/mol. The Labute approximate surface area is 194 Å². The molecular formula is C25H30N2O6. The lowest BCUT2D eigenvalue weighted by atomic mass is 9.94. The average molecular weight is 455 g/mol. The highest BCUT2D eigenvalue weighted by atomic mass is 16.5. The van der Waals surface area contributed by atoms with Crippen molar-refractivity contribution >= 4 is 17.4 Å². The van der Waals surface area contributed by atoms with Gasteiger partial charge in [0, 0.05) is 17.7 Å². The van der Waals surface area contributed by atoms with Crippen LogP contribution in [-0.4, -0.2) is 75.1 Å². The third kappa shape index (κ3) is 4.80. The molecule has 1 aliphatic rings. The number of nitrogens with zero attached hydrogens (tertiary/aromatic N) is 2. The van der Waals surface area contributed by atoms with Crippen molar-refractivity contribution in [2.24, 2.45) is 0 Å². The van der Waals surface area contributed by atoms with E-state index < -0.39 is 17.7 Å². The van der Waals surface area contributed by atoms with Gasteiger partial charge in [-0.05, 0) is 45.3 Å². The zero-order valence-corrected chi connectivity index (χ0v) is 19.6. The van der Waals surface area contributed by atoms with Crippen molar-refractivity contribution in [3.05, 3.63) is 59.2 Å². The number of benzene rings is 2. The van der Waals surface area contributed by atoms with Crippen LogP contribution in [0.1, 0.15) is 23.6 Å². The van der Waals surface area contributed by atoms with E-state index in [0.29, 0.717) is 41.3 Å². The van der Waals surface area contributed by atoms with Crippen LogP contribution in [0.5, 0.6) is 17.2 Å². The standard InChI is InChI=1S/C25H30N2O6/c1-26(2)13-8-14-27-21(18-11-7-12-19(32-4)24(18)33-5)20(23(29)25(27)30)22(28)16-9-6-10-17(15-16)31-3/h6-7,9-12,15,21,28H,8,13-14H2,1-5H3/b22-20+/t21-/m0/s1. The summed E-state index contributed by atoms with van der Waals surface area (Å²) < 4.78 is 16.3. The van der Waals surface area contributed by atoms with Crippen molar-refractivity contribution in [3.8, 4) is 17.2 Å². The van der Waals surface area contributed by atoms with E-state index in [1.165, 1.54) is 26.2 Å². The number of ketones is 1. The first-order valence-corrected chi connectivity index (χ1v) is 10.6. The topological polar surface area (TPSA) is 88.5 Å². The zero-order valence-electron chi connectivity index (χ0n) is 19.6. The van der Waals surface area contributed by atoms with Gasteiger partial charge in [-0.2, -0.15) is 0 Å². The number of amides is 1. The lowest BCUT2D eigenvalue weighted by Crippen LogP contribution is -2.32. The minimum Gasteiger partial charge on any atom is -0.507 e. The van der Waals surface area contributed by atoms with E-state index in [1.54, 1.807) is 42.5 Å². The summed E-state index contributed by atoms with van der Waals surface area (Å²) in [5.74, 6) is -0.272. The largest absolute Gasteiger partial charge is 0.507 e. The Morgan fingerprint density at radius 1 is 1.03 bits per heavy atom. The Hall–Kier alpha value is -3.52. The third-order valence-corrected chi connectivity index (χ3v) is 5.62. The molecule has 2 aromatic rings. The van der Waals surface area contributed by atoms with Crippen LogP contribution in [0.3, 0.4) is 0 Å². The zero-order chi connectivity index (χ0) is 24.1. The number of likely N-dealkylation sites (tertiary alicyclic amines) is 1. The lowest BCUT2D eigenvalue weighted by Gasteiger charge is -2.27. The van der Waals surface area contributed by atoms with Gasteiger partial charge in [-0.1, -0.05) is 24.3 Å². The van der Waals surface area contributed by atoms with Crippen molar-refractivity contribution in [2.45, 2.75) is 12.5 Å². The summed E-state index contributed by atoms with van der Waals surface area (Å²) in [6.07, 6.45) is 0.655. The summed E-state index contributed by atoms with van der Waals surface area (Å²) >= 11 is 0. The van der Waals surface area contributed by atoms with E-state index in [0.717, 1.165) is 6.54 Å². The van der Waals surface area contributed by atoms with Gasteiger partial charge in [-0.3, -0.25) is 9.59 Å². The molecule has 0 aliphatic carbocycles. The van der Waals surface area contributed by atoms with E-state index in [-0.39, 0.29) is 11.3 Å². The number of para-hydroxylation sites is 1. The number of methoxy groups -OCH3 is 3. The van der Waals surface area contributed by atoms with Gasteiger partial charge in [0.05, 0.1) is 32.9 Å². The van der Waals surface area contributed by atoms with E-state index in [4.69, 9.17) is 14.2 Å². The molecule has 1 atom stereocenters. The van der Waals surface area contributed by atoms with Crippen LogP contribution in [0.4, 0.5) is 0 Å². The lowest BCUT2D eigenvalue weighted by molar-refractivity contribution is -0.140. The second kappa shape index (κ2) is 10.4. The number of Topliss-reactive ketones (excluding diaryl/α,β-unsaturated/α-hetero) is 1. The molecule has 8 nitrogen and oxygen atoms in total. The van der Waals surface area contributed by atoms with Crippen LogP contribution in [0, 0.1) is 0 Å². The minimum absolute atomic E-state index is 0.00431. The second-order valence-electron chi connectivity index (χ2n) is 7.96. The van der Waals surface area contributed by atoms with Crippen molar-refractivity contribution in [1.29, 1.82) is 0 Å². The van der Waals surface area contributed by atoms with Gasteiger partial charge >= 0.3 is 0 Å². The van der Waals surface area contributed by atoms with Crippen molar-refractivity contribution in [2.75, 3.05) is 48.5 Å². The molecule has 1 saturated heterocycles. The number of carbonyl (C=O) groups is 2. The fraction of sp³-hybridized carbons (Fsp3) is 0.360. The van der Waals surface area contributed by atoms with Crippen molar-refractivity contribution in [3.63, 3.8) is 0 Å². The molecule has 3 rings (SSSR count). The van der Waals surface area contributed by atoms with Crippen molar-refractivity contribution < 1.29 is 28.9 Å². The Morgan fingerprint density at radius 3 is 2.39 bits per heavy atom. The summed E-state index contributed by atoms with van der Waals surface area (Å²) in [6.45, 7) is 1.07. The molecule has 0 bridgehead atoms. The first-order valence-electron chi connectivity index (χ1n) is 10.6. The van der Waals surface area contributed by atoms with Crippen molar-refractivity contribution in [1.82, 2.24) is 9.80 Å². The van der Waals surface area contributed by atoms with Gasteiger partial charge in [0.1, 0.15) is 11.5 Å². The molecular weight excluding hydrogens is 424 g/mol. The van der Waals surface area contributed by atoms with Gasteiger partial charge in [0.15, 0.2) is 11.5 Å². The molecule has 176 valence electrons. The molecule has 1 aliphatic heterocycles. The SMILES string of the molecule is COc1cccc(/C(O)=C2\C(=O)C(=O)N(CCCN(C)C)[C@H]2c2cccc(OC)c2OC)c1. The number of ether oxygens (including phenoxy) is 3. The summed E-state index contributed by atoms with van der Waals surface area (Å²) in [6, 6.07) is 11.2. The van der Waals surface area contributed by atoms with Crippen LogP contribution in [-0.2, 0) is 9.59 Å². The number of hydrogen-bond acceptors (Lipinski definition) is 7. The fourth-order valence-corrected chi connectivity index (χ4v) is 4.04. The maximum atomic E-state index is 13.2. The Morgan fingerprint density at radius 2 is 1.76 bits per heavy atom. The first-order chi connectivity index (χ1) is 15.8. The molecule has 1 heterocycles. The number of aliphatic hydroxyl groups excluding tert-OH is 1. The summed E-state index contributed by atoms with van der Waals surface area (Å²) in [4.78, 5) is 29.8. The summed E-state index contributed by atoms with van der Waals surface area (Å²) in [5.41, 5.74) is 0.947. The molecule has 0 saturated carbocycles. The number of rotatable bonds is 9. The van der Waals surface area contributed by atoms with Gasteiger partial charge in [-0.25, -0.2) is 0 Å². The Balaban J connectivity index is 2.20. The van der Waals surface area contributed by atoms with Crippen LogP contribution in [0.2, 0.25) is 0 Å².